The number of aliphatic imine (C=N–C) groups is 2. The van der Waals surface area contributed by atoms with Crippen LogP contribution in [0.3, 0.4) is 0 Å². The SMILES string of the molecule is C=C/C(=C(\N=C/C)[C@H](C)OC)c1c2c3cc(ccc3n1CC)C1CSC(=N1)C[C@H](NC(=O)[C@H]1[C@@H](C)[C@H]1C(C)C)C(=O)N1CCC[C@H](N1)C(=O)OCC(C)(C)C2. The van der Waals surface area contributed by atoms with E-state index >= 15 is 0 Å². The van der Waals surface area contributed by atoms with Gasteiger partial charge < -0.3 is 19.4 Å². The van der Waals surface area contributed by atoms with Crippen molar-refractivity contribution in [2.75, 3.05) is 26.0 Å². The summed E-state index contributed by atoms with van der Waals surface area (Å²) < 4.78 is 14.2. The maximum Gasteiger partial charge on any atom is 0.324 e. The van der Waals surface area contributed by atoms with Crippen molar-refractivity contribution in [1.82, 2.24) is 20.3 Å². The molecule has 0 radical (unpaired) electrons. The van der Waals surface area contributed by atoms with Crippen LogP contribution in [0.25, 0.3) is 16.5 Å². The van der Waals surface area contributed by atoms with Crippen molar-refractivity contribution >= 4 is 57.3 Å². The number of nitrogens with zero attached hydrogens (tertiary/aromatic N) is 4. The molecule has 2 amide bonds. The topological polar surface area (TPSA) is 127 Å². The van der Waals surface area contributed by atoms with Gasteiger partial charge in [-0.25, -0.2) is 5.43 Å². The number of benzene rings is 1. The summed E-state index contributed by atoms with van der Waals surface area (Å²) in [5.41, 5.74) is 8.74. The Bertz CT molecular complexity index is 1910. The number of esters is 1. The first-order valence-corrected chi connectivity index (χ1v) is 21.0. The van der Waals surface area contributed by atoms with Gasteiger partial charge in [-0.1, -0.05) is 53.3 Å². The second-order valence-corrected chi connectivity index (χ2v) is 17.8. The number of methoxy groups -OCH3 is 1. The Hall–Kier alpha value is -3.74. The number of cyclic esters (lactones) is 1. The molecule has 0 spiro atoms. The largest absolute Gasteiger partial charge is 0.464 e. The summed E-state index contributed by atoms with van der Waals surface area (Å²) in [6.07, 6.45) is 5.46. The number of fused-ring (bicyclic) bond motifs is 5. The van der Waals surface area contributed by atoms with Crippen molar-refractivity contribution < 1.29 is 23.9 Å². The number of allylic oxidation sites excluding steroid dienone is 2. The van der Waals surface area contributed by atoms with E-state index in [1.807, 2.05) is 19.9 Å². The highest BCUT2D eigenvalue weighted by atomic mass is 32.2. The van der Waals surface area contributed by atoms with Crippen LogP contribution >= 0.6 is 11.8 Å². The van der Waals surface area contributed by atoms with Gasteiger partial charge in [0.2, 0.25) is 5.91 Å². The number of aromatic nitrogens is 1. The van der Waals surface area contributed by atoms with Crippen LogP contribution in [0.5, 0.6) is 0 Å². The van der Waals surface area contributed by atoms with Crippen LogP contribution in [0, 0.1) is 29.1 Å². The molecule has 6 bridgehead atoms. The summed E-state index contributed by atoms with van der Waals surface area (Å²) in [5.74, 6) is 0.824. The van der Waals surface area contributed by atoms with E-state index in [1.54, 1.807) is 25.1 Å². The first-order chi connectivity index (χ1) is 26.2. The molecule has 55 heavy (non-hydrogen) atoms. The van der Waals surface area contributed by atoms with Crippen LogP contribution < -0.4 is 10.7 Å². The lowest BCUT2D eigenvalue weighted by Gasteiger charge is -2.35. The second kappa shape index (κ2) is 16.8. The number of rotatable bonds is 9. The van der Waals surface area contributed by atoms with Crippen molar-refractivity contribution in [3.63, 3.8) is 0 Å². The number of thioether (sulfide) groups is 1. The summed E-state index contributed by atoms with van der Waals surface area (Å²) in [6.45, 7) is 22.3. The first kappa shape index (κ1) is 40.9. The van der Waals surface area contributed by atoms with Gasteiger partial charge in [-0.3, -0.25) is 29.4 Å². The van der Waals surface area contributed by atoms with E-state index in [9.17, 15) is 14.4 Å². The zero-order valence-electron chi connectivity index (χ0n) is 34.1. The zero-order chi connectivity index (χ0) is 39.8. The summed E-state index contributed by atoms with van der Waals surface area (Å²) in [6, 6.07) is 5.00. The predicted molar refractivity (Wildman–Crippen MR) is 222 cm³/mol. The van der Waals surface area contributed by atoms with E-state index in [0.717, 1.165) is 49.8 Å². The fourth-order valence-corrected chi connectivity index (χ4v) is 10.0. The third-order valence-corrected chi connectivity index (χ3v) is 12.9. The summed E-state index contributed by atoms with van der Waals surface area (Å²) in [5, 5.41) is 6.60. The van der Waals surface area contributed by atoms with Crippen LogP contribution in [0.4, 0.5) is 0 Å². The van der Waals surface area contributed by atoms with Crippen LogP contribution in [-0.2, 0) is 36.8 Å². The Morgan fingerprint density at radius 2 is 2.04 bits per heavy atom. The highest BCUT2D eigenvalue weighted by Gasteiger charge is 2.53. The number of hydrazine groups is 1. The Morgan fingerprint density at radius 1 is 1.27 bits per heavy atom. The van der Waals surface area contributed by atoms with Crippen molar-refractivity contribution in [3.05, 3.63) is 53.4 Å². The van der Waals surface area contributed by atoms with Gasteiger partial charge in [-0.15, -0.1) is 11.8 Å². The van der Waals surface area contributed by atoms with Gasteiger partial charge in [0.15, 0.2) is 0 Å². The van der Waals surface area contributed by atoms with Gasteiger partial charge in [0.25, 0.3) is 5.91 Å². The lowest BCUT2D eigenvalue weighted by molar-refractivity contribution is -0.155. The van der Waals surface area contributed by atoms with Gasteiger partial charge in [0, 0.05) is 66.4 Å². The van der Waals surface area contributed by atoms with Crippen LogP contribution in [-0.4, -0.2) is 82.8 Å². The van der Waals surface area contributed by atoms with Crippen LogP contribution in [0.15, 0.2) is 46.5 Å². The standard InChI is InChI=1S/C43H60N6O5S/c1-11-28(38(44-12-2)26(7)53-10)39-30-21-43(8,9)23-54-42(52)31-15-14-18-49(47-31)41(51)32(46-40(50)37-25(6)36(37)24(4)5)20-35-45-33(22-55-35)27-16-17-34(29(30)19-27)48(39)13-3/h11-12,16-17,19,24-26,31-33,36-37,47H,1,13-15,18,20-23H2,2-10H3,(H,46,50)/b38-28+,44-12-/t25-,26-,31-,32-,33?,36+,37-/m0/s1. The molecule has 298 valence electrons. The van der Waals surface area contributed by atoms with E-state index in [4.69, 9.17) is 19.5 Å². The summed E-state index contributed by atoms with van der Waals surface area (Å²) >= 11 is 1.64. The molecule has 6 rings (SSSR count). The molecule has 1 aromatic carbocycles. The van der Waals surface area contributed by atoms with Crippen molar-refractivity contribution in [2.45, 2.75) is 112 Å². The molecule has 1 unspecified atom stereocenters. The molecular weight excluding hydrogens is 713 g/mol. The Morgan fingerprint density at radius 3 is 2.69 bits per heavy atom. The maximum atomic E-state index is 14.2. The fraction of sp³-hybridized carbons (Fsp3) is 0.605. The molecule has 11 nitrogen and oxygen atoms in total. The molecule has 2 aromatic rings. The molecule has 7 atom stereocenters. The van der Waals surface area contributed by atoms with Crippen molar-refractivity contribution in [2.24, 2.45) is 39.1 Å². The molecule has 4 heterocycles. The number of hydrogen-bond donors (Lipinski definition) is 2. The van der Waals surface area contributed by atoms with E-state index in [1.165, 1.54) is 5.01 Å². The van der Waals surface area contributed by atoms with Gasteiger partial charge in [0.1, 0.15) is 12.1 Å². The van der Waals surface area contributed by atoms with E-state index in [2.05, 4.69) is 81.6 Å². The lowest BCUT2D eigenvalue weighted by Crippen LogP contribution is -2.60. The number of carbonyl (C=O) groups excluding carboxylic acids is 3. The quantitative estimate of drug-likeness (QED) is 0.161. The minimum absolute atomic E-state index is 0.0862. The smallest absolute Gasteiger partial charge is 0.324 e. The van der Waals surface area contributed by atoms with E-state index in [-0.39, 0.29) is 48.8 Å². The molecule has 1 aromatic heterocycles. The predicted octanol–water partition coefficient (Wildman–Crippen LogP) is 6.90. The first-order valence-electron chi connectivity index (χ1n) is 20.0. The van der Waals surface area contributed by atoms with Gasteiger partial charge >= 0.3 is 5.97 Å². The third kappa shape index (κ3) is 8.37. The van der Waals surface area contributed by atoms with Gasteiger partial charge in [0.05, 0.1) is 35.2 Å². The molecule has 3 aliphatic heterocycles. The maximum absolute atomic E-state index is 14.2. The third-order valence-electron chi connectivity index (χ3n) is 11.9. The zero-order valence-corrected chi connectivity index (χ0v) is 34.9. The number of ether oxygens (including phenoxy) is 2. The molecule has 1 aliphatic carbocycles. The number of amides is 2. The number of hydrogen-bond acceptors (Lipinski definition) is 9. The molecule has 2 N–H and O–H groups in total. The van der Waals surface area contributed by atoms with Crippen LogP contribution in [0.1, 0.15) is 97.5 Å². The molecule has 1 saturated heterocycles. The van der Waals surface area contributed by atoms with E-state index in [0.29, 0.717) is 44.2 Å². The number of nitrogens with one attached hydrogen (secondary N) is 2. The highest BCUT2D eigenvalue weighted by Crippen LogP contribution is 2.51. The Kier molecular flexibility index (Phi) is 12.5. The van der Waals surface area contributed by atoms with Crippen LogP contribution in [0.2, 0.25) is 0 Å². The van der Waals surface area contributed by atoms with Gasteiger partial charge in [-0.2, -0.15) is 0 Å². The minimum Gasteiger partial charge on any atom is -0.464 e. The summed E-state index contributed by atoms with van der Waals surface area (Å²) in [7, 11) is 1.69. The minimum atomic E-state index is -0.813. The lowest BCUT2D eigenvalue weighted by atomic mass is 9.84. The van der Waals surface area contributed by atoms with Crippen molar-refractivity contribution in [3.8, 4) is 0 Å². The Labute approximate surface area is 330 Å². The molecule has 1 saturated carbocycles. The number of carbonyl (C=O) groups is 3. The monoisotopic (exact) mass is 772 g/mol. The number of aryl methyl sites for hydroxylation is 1. The Balaban J connectivity index is 1.47. The average Bonchev–Trinajstić information content (AvgIpc) is 3.48. The van der Waals surface area contributed by atoms with E-state index < -0.39 is 23.5 Å². The summed E-state index contributed by atoms with van der Waals surface area (Å²) in [4.78, 5) is 51.6. The fourth-order valence-electron chi connectivity index (χ4n) is 8.91. The highest BCUT2D eigenvalue weighted by molar-refractivity contribution is 8.14. The molecule has 2 fully saturated rings. The molecular formula is C43H60N6O5S. The average molecular weight is 773 g/mol. The normalized spacial score (nSPS) is 28.1. The molecule has 12 heteroatoms. The van der Waals surface area contributed by atoms with Gasteiger partial charge in [-0.05, 0) is 81.0 Å². The molecule has 4 aliphatic rings. The second-order valence-electron chi connectivity index (χ2n) is 16.7. The van der Waals surface area contributed by atoms with Crippen molar-refractivity contribution in [1.29, 1.82) is 0 Å².